The summed E-state index contributed by atoms with van der Waals surface area (Å²) in [5, 5.41) is 18.0. The number of nitriles is 1. The Morgan fingerprint density at radius 3 is 2.61 bits per heavy atom. The predicted molar refractivity (Wildman–Crippen MR) is 80.1 cm³/mol. The highest BCUT2D eigenvalue weighted by Gasteiger charge is 2.23. The summed E-state index contributed by atoms with van der Waals surface area (Å²) in [7, 11) is -4.25. The number of carboxylic acids is 1. The molecule has 0 fully saturated rings. The van der Waals surface area contributed by atoms with Crippen molar-refractivity contribution >= 4 is 21.7 Å². The normalized spacial score (nSPS) is 10.8. The zero-order valence-electron chi connectivity index (χ0n) is 11.9. The first-order valence-corrected chi connectivity index (χ1v) is 7.80. The van der Waals surface area contributed by atoms with Gasteiger partial charge in [-0.05, 0) is 36.8 Å². The zero-order valence-corrected chi connectivity index (χ0v) is 12.7. The lowest BCUT2D eigenvalue weighted by Crippen LogP contribution is -2.17. The molecule has 0 spiro atoms. The summed E-state index contributed by atoms with van der Waals surface area (Å²) in [5.41, 5.74) is -0.789. The van der Waals surface area contributed by atoms with E-state index in [0.29, 0.717) is 0 Å². The predicted octanol–water partition coefficient (Wildman–Crippen LogP) is 2.50. The number of carbonyl (C=O) groups is 1. The van der Waals surface area contributed by atoms with Gasteiger partial charge >= 0.3 is 5.97 Å². The Morgan fingerprint density at radius 2 is 2.00 bits per heavy atom. The summed E-state index contributed by atoms with van der Waals surface area (Å²) in [6.45, 7) is 1.43. The van der Waals surface area contributed by atoms with Crippen LogP contribution in [-0.2, 0) is 10.0 Å². The van der Waals surface area contributed by atoms with Gasteiger partial charge in [-0.25, -0.2) is 17.6 Å². The molecule has 0 aromatic heterocycles. The number of aromatic carboxylic acids is 1. The quantitative estimate of drug-likeness (QED) is 0.893. The van der Waals surface area contributed by atoms with Gasteiger partial charge in [0.15, 0.2) is 0 Å². The number of nitrogens with one attached hydrogen (secondary N) is 1. The molecule has 118 valence electrons. The van der Waals surface area contributed by atoms with Crippen LogP contribution in [0.3, 0.4) is 0 Å². The fraction of sp³-hybridized carbons (Fsp3) is 0.0667. The third kappa shape index (κ3) is 3.30. The summed E-state index contributed by atoms with van der Waals surface area (Å²) < 4.78 is 40.5. The Labute approximate surface area is 131 Å². The van der Waals surface area contributed by atoms with Gasteiger partial charge in [0, 0.05) is 0 Å². The number of benzene rings is 2. The molecular formula is C15H11FN2O4S. The Balaban J connectivity index is 2.56. The van der Waals surface area contributed by atoms with Crippen LogP contribution in [0.25, 0.3) is 0 Å². The lowest BCUT2D eigenvalue weighted by atomic mass is 10.1. The molecule has 0 heterocycles. The van der Waals surface area contributed by atoms with Crippen molar-refractivity contribution in [1.29, 1.82) is 5.26 Å². The summed E-state index contributed by atoms with van der Waals surface area (Å²) in [5.74, 6) is -2.46. The molecule has 8 heteroatoms. The lowest BCUT2D eigenvalue weighted by molar-refractivity contribution is 0.0697. The van der Waals surface area contributed by atoms with Gasteiger partial charge < -0.3 is 5.11 Å². The summed E-state index contributed by atoms with van der Waals surface area (Å²) in [4.78, 5) is 11.0. The van der Waals surface area contributed by atoms with Crippen molar-refractivity contribution < 1.29 is 22.7 Å². The van der Waals surface area contributed by atoms with Crippen LogP contribution in [0.15, 0.2) is 41.3 Å². The fourth-order valence-corrected chi connectivity index (χ4v) is 3.11. The molecule has 0 atom stereocenters. The van der Waals surface area contributed by atoms with E-state index in [0.717, 1.165) is 12.1 Å². The first-order chi connectivity index (χ1) is 10.8. The number of hydrogen-bond acceptors (Lipinski definition) is 4. The molecule has 0 radical (unpaired) electrons. The maximum absolute atomic E-state index is 13.9. The van der Waals surface area contributed by atoms with Gasteiger partial charge in [-0.3, -0.25) is 4.72 Å². The van der Waals surface area contributed by atoms with Gasteiger partial charge in [0.25, 0.3) is 10.0 Å². The monoisotopic (exact) mass is 334 g/mol. The molecule has 2 N–H and O–H groups in total. The van der Waals surface area contributed by atoms with Gasteiger partial charge in [-0.2, -0.15) is 5.26 Å². The zero-order chi connectivity index (χ0) is 17.2. The Bertz CT molecular complexity index is 933. The van der Waals surface area contributed by atoms with Crippen LogP contribution in [0, 0.1) is 24.1 Å². The van der Waals surface area contributed by atoms with E-state index in [9.17, 15) is 22.7 Å². The lowest BCUT2D eigenvalue weighted by Gasteiger charge is -2.13. The number of nitrogens with zero attached hydrogens (tertiary/aromatic N) is 1. The third-order valence-electron chi connectivity index (χ3n) is 3.09. The Hall–Kier alpha value is -2.92. The molecule has 0 aliphatic carbocycles. The van der Waals surface area contributed by atoms with Gasteiger partial charge in [0.05, 0.1) is 27.8 Å². The maximum Gasteiger partial charge on any atom is 0.338 e. The highest BCUT2D eigenvalue weighted by molar-refractivity contribution is 7.92. The van der Waals surface area contributed by atoms with Crippen molar-refractivity contribution in [2.75, 3.05) is 4.72 Å². The molecule has 0 aliphatic heterocycles. The standard InChI is InChI=1S/C15H11FN2O4S/c1-9-5-6-12(16)14(13(9)15(19)20)18-23(21,22)11-4-2-3-10(7-11)8-17/h2-7,18H,1H3,(H,19,20). The first-order valence-electron chi connectivity index (χ1n) is 6.31. The summed E-state index contributed by atoms with van der Waals surface area (Å²) in [6.07, 6.45) is 0. The van der Waals surface area contributed by atoms with Crippen molar-refractivity contribution in [3.8, 4) is 6.07 Å². The molecular weight excluding hydrogens is 323 g/mol. The highest BCUT2D eigenvalue weighted by atomic mass is 32.2. The molecule has 2 rings (SSSR count). The number of aryl methyl sites for hydroxylation is 1. The minimum Gasteiger partial charge on any atom is -0.478 e. The van der Waals surface area contributed by atoms with E-state index in [1.165, 1.54) is 31.2 Å². The molecule has 0 aliphatic rings. The van der Waals surface area contributed by atoms with Crippen LogP contribution in [0.5, 0.6) is 0 Å². The fourth-order valence-electron chi connectivity index (χ4n) is 1.98. The average molecular weight is 334 g/mol. The van der Waals surface area contributed by atoms with Gasteiger partial charge in [0.1, 0.15) is 5.82 Å². The van der Waals surface area contributed by atoms with Crippen molar-refractivity contribution in [2.24, 2.45) is 0 Å². The number of carboxylic acid groups (broad SMARTS) is 1. The molecule has 0 amide bonds. The number of halogens is 1. The SMILES string of the molecule is Cc1ccc(F)c(NS(=O)(=O)c2cccc(C#N)c2)c1C(=O)O. The van der Waals surface area contributed by atoms with E-state index in [1.807, 2.05) is 4.72 Å². The van der Waals surface area contributed by atoms with Crippen LogP contribution in [0.4, 0.5) is 10.1 Å². The third-order valence-corrected chi connectivity index (χ3v) is 4.43. The number of rotatable bonds is 4. The van der Waals surface area contributed by atoms with E-state index >= 15 is 0 Å². The van der Waals surface area contributed by atoms with E-state index < -0.39 is 33.1 Å². The van der Waals surface area contributed by atoms with Crippen LogP contribution in [0.1, 0.15) is 21.5 Å². The van der Waals surface area contributed by atoms with Crippen LogP contribution < -0.4 is 4.72 Å². The van der Waals surface area contributed by atoms with Crippen molar-refractivity contribution in [1.82, 2.24) is 0 Å². The molecule has 23 heavy (non-hydrogen) atoms. The van der Waals surface area contributed by atoms with Crippen LogP contribution in [0.2, 0.25) is 0 Å². The molecule has 0 saturated heterocycles. The second-order valence-corrected chi connectivity index (χ2v) is 6.35. The molecule has 2 aromatic carbocycles. The topological polar surface area (TPSA) is 107 Å². The van der Waals surface area contributed by atoms with Crippen molar-refractivity contribution in [2.45, 2.75) is 11.8 Å². The summed E-state index contributed by atoms with van der Waals surface area (Å²) in [6, 6.07) is 9.11. The maximum atomic E-state index is 13.9. The molecule has 2 aromatic rings. The highest BCUT2D eigenvalue weighted by Crippen LogP contribution is 2.26. The second kappa shape index (κ2) is 6.06. The van der Waals surface area contributed by atoms with Gasteiger partial charge in [0.2, 0.25) is 0 Å². The molecule has 0 saturated carbocycles. The molecule has 0 unspecified atom stereocenters. The van der Waals surface area contributed by atoms with Gasteiger partial charge in [-0.15, -0.1) is 0 Å². The first kappa shape index (κ1) is 16.5. The smallest absolute Gasteiger partial charge is 0.338 e. The van der Waals surface area contributed by atoms with E-state index in [-0.39, 0.29) is 16.0 Å². The minimum atomic E-state index is -4.25. The van der Waals surface area contributed by atoms with E-state index in [2.05, 4.69) is 0 Å². The summed E-state index contributed by atoms with van der Waals surface area (Å²) >= 11 is 0. The largest absolute Gasteiger partial charge is 0.478 e. The molecule has 6 nitrogen and oxygen atoms in total. The van der Waals surface area contributed by atoms with Gasteiger partial charge in [-0.1, -0.05) is 12.1 Å². The average Bonchev–Trinajstić information content (AvgIpc) is 2.50. The van der Waals surface area contributed by atoms with Crippen LogP contribution >= 0.6 is 0 Å². The minimum absolute atomic E-state index is 0.107. The van der Waals surface area contributed by atoms with E-state index in [4.69, 9.17) is 5.26 Å². The number of sulfonamides is 1. The van der Waals surface area contributed by atoms with Crippen molar-refractivity contribution in [3.05, 3.63) is 58.9 Å². The second-order valence-electron chi connectivity index (χ2n) is 4.66. The Morgan fingerprint density at radius 1 is 1.30 bits per heavy atom. The Kier molecular flexibility index (Phi) is 4.33. The van der Waals surface area contributed by atoms with Crippen molar-refractivity contribution in [3.63, 3.8) is 0 Å². The molecule has 0 bridgehead atoms. The van der Waals surface area contributed by atoms with Crippen LogP contribution in [-0.4, -0.2) is 19.5 Å². The number of hydrogen-bond donors (Lipinski definition) is 2. The number of anilines is 1. The van der Waals surface area contributed by atoms with E-state index in [1.54, 1.807) is 6.07 Å².